The van der Waals surface area contributed by atoms with Gasteiger partial charge >= 0.3 is 0 Å². The smallest absolute Gasteiger partial charge is 0.233 e. The van der Waals surface area contributed by atoms with Crippen molar-refractivity contribution in [2.45, 2.75) is 25.8 Å². The van der Waals surface area contributed by atoms with Crippen LogP contribution in [0.3, 0.4) is 0 Å². The Balaban J connectivity index is 1.58. The number of amides is 1. The zero-order chi connectivity index (χ0) is 16.8. The third-order valence-corrected chi connectivity index (χ3v) is 4.58. The lowest BCUT2D eigenvalue weighted by atomic mass is 9.79. The number of pyridine rings is 1. The van der Waals surface area contributed by atoms with Crippen LogP contribution in [-0.2, 0) is 22.5 Å². The van der Waals surface area contributed by atoms with E-state index in [1.807, 2.05) is 29.1 Å². The average Bonchev–Trinajstić information content (AvgIpc) is 3.09. The van der Waals surface area contributed by atoms with E-state index >= 15 is 0 Å². The molecule has 7 nitrogen and oxygen atoms in total. The van der Waals surface area contributed by atoms with Crippen LogP contribution in [0, 0.1) is 5.41 Å². The van der Waals surface area contributed by atoms with Crippen LogP contribution in [0.4, 0.5) is 5.82 Å². The first-order chi connectivity index (χ1) is 11.7. The predicted octanol–water partition coefficient (Wildman–Crippen LogP) is 1.21. The molecule has 128 valence electrons. The molecule has 1 amide bonds. The molecule has 0 aromatic carbocycles. The summed E-state index contributed by atoms with van der Waals surface area (Å²) in [6.07, 6.45) is 7.60. The highest BCUT2D eigenvalue weighted by Crippen LogP contribution is 2.30. The first-order valence-corrected chi connectivity index (χ1v) is 8.23. The van der Waals surface area contributed by atoms with E-state index in [-0.39, 0.29) is 5.91 Å². The van der Waals surface area contributed by atoms with Crippen LogP contribution in [0.25, 0.3) is 0 Å². The van der Waals surface area contributed by atoms with E-state index in [4.69, 9.17) is 10.5 Å². The van der Waals surface area contributed by atoms with Gasteiger partial charge in [-0.1, -0.05) is 0 Å². The van der Waals surface area contributed by atoms with E-state index in [2.05, 4.69) is 15.4 Å². The molecule has 0 saturated carbocycles. The van der Waals surface area contributed by atoms with Crippen molar-refractivity contribution in [2.75, 3.05) is 25.1 Å². The number of nitrogens with one attached hydrogen (secondary N) is 1. The lowest BCUT2D eigenvalue weighted by Gasteiger charge is -2.34. The van der Waals surface area contributed by atoms with Gasteiger partial charge in [0, 0.05) is 51.0 Å². The van der Waals surface area contributed by atoms with Gasteiger partial charge in [-0.25, -0.2) is 0 Å². The molecule has 24 heavy (non-hydrogen) atoms. The maximum absolute atomic E-state index is 12.6. The van der Waals surface area contributed by atoms with Gasteiger partial charge in [0.2, 0.25) is 5.91 Å². The number of carbonyl (C=O) groups is 1. The maximum atomic E-state index is 12.6. The third kappa shape index (κ3) is 3.80. The van der Waals surface area contributed by atoms with Gasteiger partial charge in [0.05, 0.1) is 5.41 Å². The Labute approximate surface area is 141 Å². The fourth-order valence-electron chi connectivity index (χ4n) is 2.88. The van der Waals surface area contributed by atoms with Gasteiger partial charge in [-0.15, -0.1) is 0 Å². The summed E-state index contributed by atoms with van der Waals surface area (Å²) in [5, 5.41) is 7.33. The van der Waals surface area contributed by atoms with Crippen LogP contribution in [0.1, 0.15) is 18.4 Å². The summed E-state index contributed by atoms with van der Waals surface area (Å²) in [5.74, 6) is 0.502. The van der Waals surface area contributed by atoms with Gasteiger partial charge in [-0.05, 0) is 37.0 Å². The predicted molar refractivity (Wildman–Crippen MR) is 90.3 cm³/mol. The Morgan fingerprint density at radius 2 is 2.04 bits per heavy atom. The molecule has 3 heterocycles. The molecule has 0 spiro atoms. The molecule has 1 aliphatic heterocycles. The van der Waals surface area contributed by atoms with Crippen LogP contribution < -0.4 is 11.1 Å². The zero-order valence-corrected chi connectivity index (χ0v) is 13.6. The number of rotatable bonds is 6. The molecule has 0 bridgehead atoms. The molecule has 2 aromatic heterocycles. The van der Waals surface area contributed by atoms with Crippen LogP contribution >= 0.6 is 0 Å². The summed E-state index contributed by atoms with van der Waals surface area (Å²) in [6, 6.07) is 5.79. The van der Waals surface area contributed by atoms with Crippen LogP contribution in [0.15, 0.2) is 36.8 Å². The standard InChI is InChI=1S/C17H23N5O2/c18-13-17(5-11-24-12-6-17)16(23)20-15-4-10-22(21-15)9-3-14-1-7-19-8-2-14/h1-2,4,7-8,10H,3,5-6,9,11-13,18H2,(H,20,21,23). The summed E-state index contributed by atoms with van der Waals surface area (Å²) in [7, 11) is 0. The Kier molecular flexibility index (Phi) is 5.22. The molecule has 2 aromatic rings. The highest BCUT2D eigenvalue weighted by molar-refractivity contribution is 5.94. The molecule has 1 aliphatic rings. The summed E-state index contributed by atoms with van der Waals surface area (Å²) < 4.78 is 7.17. The van der Waals surface area contributed by atoms with E-state index < -0.39 is 5.41 Å². The molecule has 1 fully saturated rings. The number of aryl methyl sites for hydroxylation is 2. The number of carbonyl (C=O) groups excluding carboxylic acids is 1. The summed E-state index contributed by atoms with van der Waals surface area (Å²) >= 11 is 0. The molecule has 1 saturated heterocycles. The molecule has 0 unspecified atom stereocenters. The minimum absolute atomic E-state index is 0.0623. The largest absolute Gasteiger partial charge is 0.381 e. The van der Waals surface area contributed by atoms with Gasteiger partial charge in [0.15, 0.2) is 5.82 Å². The second-order valence-electron chi connectivity index (χ2n) is 6.12. The number of anilines is 1. The van der Waals surface area contributed by atoms with Crippen molar-refractivity contribution in [3.63, 3.8) is 0 Å². The Hall–Kier alpha value is -2.25. The monoisotopic (exact) mass is 329 g/mol. The fraction of sp³-hybridized carbons (Fsp3) is 0.471. The highest BCUT2D eigenvalue weighted by Gasteiger charge is 2.39. The summed E-state index contributed by atoms with van der Waals surface area (Å²) in [6.45, 7) is 2.22. The molecular formula is C17H23N5O2. The Morgan fingerprint density at radius 1 is 1.29 bits per heavy atom. The second kappa shape index (κ2) is 7.55. The fourth-order valence-corrected chi connectivity index (χ4v) is 2.88. The number of ether oxygens (including phenoxy) is 1. The van der Waals surface area contributed by atoms with Gasteiger partial charge in [-0.2, -0.15) is 5.10 Å². The van der Waals surface area contributed by atoms with Gasteiger partial charge in [-0.3, -0.25) is 14.5 Å². The van der Waals surface area contributed by atoms with Crippen molar-refractivity contribution < 1.29 is 9.53 Å². The van der Waals surface area contributed by atoms with Crippen LogP contribution in [0.5, 0.6) is 0 Å². The SMILES string of the molecule is NCC1(C(=O)Nc2ccn(CCc3ccncc3)n2)CCOCC1. The average molecular weight is 329 g/mol. The minimum atomic E-state index is -0.543. The molecule has 7 heteroatoms. The lowest BCUT2D eigenvalue weighted by molar-refractivity contribution is -0.130. The van der Waals surface area contributed by atoms with Crippen molar-refractivity contribution in [2.24, 2.45) is 11.1 Å². The Morgan fingerprint density at radius 3 is 2.75 bits per heavy atom. The van der Waals surface area contributed by atoms with Gasteiger partial charge in [0.25, 0.3) is 0 Å². The number of hydrogen-bond acceptors (Lipinski definition) is 5. The molecule has 3 N–H and O–H groups in total. The minimum Gasteiger partial charge on any atom is -0.381 e. The summed E-state index contributed by atoms with van der Waals surface area (Å²) in [5.41, 5.74) is 6.52. The molecule has 0 atom stereocenters. The van der Waals surface area contributed by atoms with Gasteiger partial charge < -0.3 is 15.8 Å². The first kappa shape index (κ1) is 16.6. The maximum Gasteiger partial charge on any atom is 0.233 e. The topological polar surface area (TPSA) is 95.1 Å². The molecule has 3 rings (SSSR count). The highest BCUT2D eigenvalue weighted by atomic mass is 16.5. The van der Waals surface area contributed by atoms with E-state index in [1.165, 1.54) is 5.56 Å². The molecule has 0 aliphatic carbocycles. The van der Waals surface area contributed by atoms with E-state index in [0.717, 1.165) is 13.0 Å². The van der Waals surface area contributed by atoms with Crippen molar-refractivity contribution >= 4 is 11.7 Å². The van der Waals surface area contributed by atoms with Crippen LogP contribution in [0.2, 0.25) is 0 Å². The molecular weight excluding hydrogens is 306 g/mol. The normalized spacial score (nSPS) is 16.7. The zero-order valence-electron chi connectivity index (χ0n) is 13.6. The van der Waals surface area contributed by atoms with Crippen molar-refractivity contribution in [1.82, 2.24) is 14.8 Å². The van der Waals surface area contributed by atoms with Gasteiger partial charge in [0.1, 0.15) is 0 Å². The lowest BCUT2D eigenvalue weighted by Crippen LogP contribution is -2.46. The van der Waals surface area contributed by atoms with Crippen molar-refractivity contribution in [3.8, 4) is 0 Å². The van der Waals surface area contributed by atoms with Crippen molar-refractivity contribution in [1.29, 1.82) is 0 Å². The number of nitrogens with two attached hydrogens (primary N) is 1. The van der Waals surface area contributed by atoms with Crippen LogP contribution in [-0.4, -0.2) is 40.4 Å². The van der Waals surface area contributed by atoms with E-state index in [1.54, 1.807) is 12.4 Å². The van der Waals surface area contributed by atoms with Crippen molar-refractivity contribution in [3.05, 3.63) is 42.4 Å². The molecule has 0 radical (unpaired) electrons. The quantitative estimate of drug-likeness (QED) is 0.831. The number of hydrogen-bond donors (Lipinski definition) is 2. The summed E-state index contributed by atoms with van der Waals surface area (Å²) in [4.78, 5) is 16.6. The van der Waals surface area contributed by atoms with E-state index in [9.17, 15) is 4.79 Å². The number of nitrogens with zero attached hydrogens (tertiary/aromatic N) is 3. The number of aromatic nitrogens is 3. The second-order valence-corrected chi connectivity index (χ2v) is 6.12. The third-order valence-electron chi connectivity index (χ3n) is 4.58. The van der Waals surface area contributed by atoms with E-state index in [0.29, 0.717) is 38.4 Å². The Bertz CT molecular complexity index is 665. The first-order valence-electron chi connectivity index (χ1n) is 8.23.